The third kappa shape index (κ3) is 3.70. The van der Waals surface area contributed by atoms with Gasteiger partial charge in [-0.1, -0.05) is 18.2 Å². The van der Waals surface area contributed by atoms with Gasteiger partial charge in [-0.05, 0) is 18.2 Å². The fourth-order valence-corrected chi connectivity index (χ4v) is 2.17. The van der Waals surface area contributed by atoms with E-state index in [2.05, 4.69) is 30.8 Å². The summed E-state index contributed by atoms with van der Waals surface area (Å²) in [6, 6.07) is 11.1. The maximum Gasteiger partial charge on any atom is 0.252 e. The first-order valence-corrected chi connectivity index (χ1v) is 7.21. The summed E-state index contributed by atoms with van der Waals surface area (Å²) >= 11 is 0. The molecule has 0 unspecified atom stereocenters. The van der Waals surface area contributed by atoms with Gasteiger partial charge in [0.05, 0.1) is 11.3 Å². The van der Waals surface area contributed by atoms with E-state index in [0.29, 0.717) is 24.5 Å². The summed E-state index contributed by atoms with van der Waals surface area (Å²) < 4.78 is 0. The molecule has 0 radical (unpaired) electrons. The van der Waals surface area contributed by atoms with Crippen LogP contribution in [0.5, 0.6) is 0 Å². The number of pyridine rings is 1. The van der Waals surface area contributed by atoms with E-state index >= 15 is 0 Å². The lowest BCUT2D eigenvalue weighted by Gasteiger charge is -2.09. The zero-order chi connectivity index (χ0) is 15.9. The van der Waals surface area contributed by atoms with E-state index in [1.807, 2.05) is 30.3 Å². The number of hydrogen-bond donors (Lipinski definition) is 3. The first-order valence-electron chi connectivity index (χ1n) is 7.21. The fourth-order valence-electron chi connectivity index (χ4n) is 2.17. The molecule has 1 aromatic carbocycles. The molecule has 0 saturated carbocycles. The molecule has 2 aromatic heterocycles. The van der Waals surface area contributed by atoms with Gasteiger partial charge in [-0.3, -0.25) is 14.9 Å². The molecule has 7 heteroatoms. The number of benzene rings is 1. The summed E-state index contributed by atoms with van der Waals surface area (Å²) in [5, 5.41) is 12.7. The van der Waals surface area contributed by atoms with Crippen molar-refractivity contribution in [2.24, 2.45) is 0 Å². The van der Waals surface area contributed by atoms with Crippen LogP contribution in [0.1, 0.15) is 10.4 Å². The molecule has 0 fully saturated rings. The van der Waals surface area contributed by atoms with Crippen LogP contribution in [0.15, 0.2) is 55.1 Å². The summed E-state index contributed by atoms with van der Waals surface area (Å²) in [6.45, 7) is 1.11. The topological polar surface area (TPSA) is 95.6 Å². The summed E-state index contributed by atoms with van der Waals surface area (Å²) in [6.07, 6.45) is 4.87. The minimum Gasteiger partial charge on any atom is -0.382 e. The summed E-state index contributed by atoms with van der Waals surface area (Å²) in [7, 11) is 0. The quantitative estimate of drug-likeness (QED) is 0.602. The van der Waals surface area contributed by atoms with Crippen molar-refractivity contribution in [3.05, 3.63) is 60.7 Å². The number of rotatable bonds is 6. The van der Waals surface area contributed by atoms with Crippen LogP contribution in [0.25, 0.3) is 11.4 Å². The van der Waals surface area contributed by atoms with Gasteiger partial charge in [-0.2, -0.15) is 5.10 Å². The molecule has 116 valence electrons. The molecule has 0 saturated heterocycles. The fraction of sp³-hybridized carbons (Fsp3) is 0.125. The van der Waals surface area contributed by atoms with Gasteiger partial charge in [0.25, 0.3) is 5.91 Å². The first kappa shape index (κ1) is 14.7. The average molecular weight is 308 g/mol. The van der Waals surface area contributed by atoms with Crippen molar-refractivity contribution in [1.29, 1.82) is 0 Å². The Morgan fingerprint density at radius 3 is 2.83 bits per heavy atom. The Balaban J connectivity index is 1.59. The molecule has 1 amide bonds. The van der Waals surface area contributed by atoms with Crippen molar-refractivity contribution < 1.29 is 4.79 Å². The van der Waals surface area contributed by atoms with Gasteiger partial charge in [-0.25, -0.2) is 4.98 Å². The molecule has 3 rings (SSSR count). The Bertz CT molecular complexity index is 757. The molecule has 0 spiro atoms. The summed E-state index contributed by atoms with van der Waals surface area (Å²) in [4.78, 5) is 20.5. The Labute approximate surface area is 133 Å². The minimum absolute atomic E-state index is 0.148. The van der Waals surface area contributed by atoms with Gasteiger partial charge < -0.3 is 10.6 Å². The molecule has 0 bridgehead atoms. The lowest BCUT2D eigenvalue weighted by atomic mass is 10.1. The van der Waals surface area contributed by atoms with E-state index in [1.54, 1.807) is 18.5 Å². The molecule has 0 aliphatic carbocycles. The van der Waals surface area contributed by atoms with Crippen molar-refractivity contribution in [1.82, 2.24) is 25.5 Å². The molecule has 23 heavy (non-hydrogen) atoms. The second-order valence-corrected chi connectivity index (χ2v) is 4.80. The van der Waals surface area contributed by atoms with Crippen LogP contribution < -0.4 is 10.6 Å². The lowest BCUT2D eigenvalue weighted by Crippen LogP contribution is -2.29. The van der Waals surface area contributed by atoms with Crippen molar-refractivity contribution in [3.8, 4) is 11.4 Å². The molecular weight excluding hydrogens is 292 g/mol. The number of aromatic nitrogens is 4. The highest BCUT2D eigenvalue weighted by Crippen LogP contribution is 2.19. The number of aromatic amines is 1. The maximum absolute atomic E-state index is 12.4. The monoisotopic (exact) mass is 308 g/mol. The maximum atomic E-state index is 12.4. The van der Waals surface area contributed by atoms with Crippen LogP contribution in [0.4, 0.5) is 5.69 Å². The highest BCUT2D eigenvalue weighted by molar-refractivity contribution is 6.00. The molecule has 3 aromatic rings. The van der Waals surface area contributed by atoms with Crippen molar-refractivity contribution in [2.45, 2.75) is 0 Å². The predicted molar refractivity (Wildman–Crippen MR) is 86.9 cm³/mol. The highest BCUT2D eigenvalue weighted by atomic mass is 16.1. The number of carbonyl (C=O) groups excluding carboxylic acids is 1. The standard InChI is InChI=1S/C16H16N6O/c23-16(19-9-8-18-12-4-3-7-17-10-12)14-6-2-1-5-13(14)15-20-11-21-22-15/h1-7,10-11,18H,8-9H2,(H,19,23)(H,20,21,22). The number of hydrogen-bond acceptors (Lipinski definition) is 5. The average Bonchev–Trinajstić information content (AvgIpc) is 3.14. The number of anilines is 1. The summed E-state index contributed by atoms with van der Waals surface area (Å²) in [5.41, 5.74) is 2.21. The molecule has 0 aliphatic heterocycles. The van der Waals surface area contributed by atoms with Gasteiger partial charge in [0.1, 0.15) is 6.33 Å². The predicted octanol–water partition coefficient (Wildman–Crippen LogP) is 1.71. The van der Waals surface area contributed by atoms with Crippen molar-refractivity contribution in [3.63, 3.8) is 0 Å². The van der Waals surface area contributed by atoms with E-state index in [-0.39, 0.29) is 5.91 Å². The SMILES string of the molecule is O=C(NCCNc1cccnc1)c1ccccc1-c1ncn[nH]1. The Hall–Kier alpha value is -3.22. The Morgan fingerprint density at radius 2 is 2.04 bits per heavy atom. The van der Waals surface area contributed by atoms with Gasteiger partial charge in [0.2, 0.25) is 0 Å². The number of amides is 1. The van der Waals surface area contributed by atoms with E-state index in [1.165, 1.54) is 6.33 Å². The minimum atomic E-state index is -0.148. The van der Waals surface area contributed by atoms with E-state index < -0.39 is 0 Å². The molecule has 7 nitrogen and oxygen atoms in total. The van der Waals surface area contributed by atoms with Gasteiger partial charge in [0.15, 0.2) is 5.82 Å². The number of nitrogens with one attached hydrogen (secondary N) is 3. The Morgan fingerprint density at radius 1 is 1.13 bits per heavy atom. The van der Waals surface area contributed by atoms with Gasteiger partial charge in [-0.15, -0.1) is 0 Å². The lowest BCUT2D eigenvalue weighted by molar-refractivity contribution is 0.0956. The van der Waals surface area contributed by atoms with E-state index in [0.717, 1.165) is 11.3 Å². The van der Waals surface area contributed by atoms with Crippen LogP contribution in [-0.2, 0) is 0 Å². The molecule has 0 aliphatic rings. The Kier molecular flexibility index (Phi) is 4.58. The first-order chi connectivity index (χ1) is 11.3. The van der Waals surface area contributed by atoms with Gasteiger partial charge in [0, 0.05) is 31.0 Å². The zero-order valence-electron chi connectivity index (χ0n) is 12.4. The number of H-pyrrole nitrogens is 1. The largest absolute Gasteiger partial charge is 0.382 e. The normalized spacial score (nSPS) is 10.3. The van der Waals surface area contributed by atoms with Crippen molar-refractivity contribution >= 4 is 11.6 Å². The molecule has 0 atom stereocenters. The number of nitrogens with zero attached hydrogens (tertiary/aromatic N) is 3. The zero-order valence-corrected chi connectivity index (χ0v) is 12.4. The molecular formula is C16H16N6O. The molecule has 3 N–H and O–H groups in total. The van der Waals surface area contributed by atoms with Gasteiger partial charge >= 0.3 is 0 Å². The highest BCUT2D eigenvalue weighted by Gasteiger charge is 2.13. The second-order valence-electron chi connectivity index (χ2n) is 4.80. The molecule has 2 heterocycles. The van der Waals surface area contributed by atoms with E-state index in [4.69, 9.17) is 0 Å². The second kappa shape index (κ2) is 7.17. The van der Waals surface area contributed by atoms with Crippen molar-refractivity contribution in [2.75, 3.05) is 18.4 Å². The van der Waals surface area contributed by atoms with Crippen LogP contribution >= 0.6 is 0 Å². The van der Waals surface area contributed by atoms with Crippen LogP contribution in [-0.4, -0.2) is 39.2 Å². The van der Waals surface area contributed by atoms with E-state index in [9.17, 15) is 4.79 Å². The van der Waals surface area contributed by atoms with Crippen LogP contribution in [0.3, 0.4) is 0 Å². The smallest absolute Gasteiger partial charge is 0.252 e. The third-order valence-corrected chi connectivity index (χ3v) is 3.24. The third-order valence-electron chi connectivity index (χ3n) is 3.24. The van der Waals surface area contributed by atoms with Crippen LogP contribution in [0, 0.1) is 0 Å². The summed E-state index contributed by atoms with van der Waals surface area (Å²) in [5.74, 6) is 0.425. The number of carbonyl (C=O) groups is 1. The van der Waals surface area contributed by atoms with Crippen LogP contribution in [0.2, 0.25) is 0 Å².